The SMILES string of the molecule is CC[C@H](Oc1cccc2ccccc12)C(=O)NCCSc1ccc(Cl)cc1. The topological polar surface area (TPSA) is 38.3 Å². The number of rotatable bonds is 8. The van der Waals surface area contributed by atoms with Gasteiger partial charge in [-0.2, -0.15) is 0 Å². The minimum atomic E-state index is -0.503. The zero-order valence-corrected chi connectivity index (χ0v) is 16.7. The highest BCUT2D eigenvalue weighted by Crippen LogP contribution is 2.26. The summed E-state index contributed by atoms with van der Waals surface area (Å²) >= 11 is 7.57. The van der Waals surface area contributed by atoms with Gasteiger partial charge in [0.1, 0.15) is 5.75 Å². The molecule has 3 nitrogen and oxygen atoms in total. The molecular formula is C22H22ClNO2S. The summed E-state index contributed by atoms with van der Waals surface area (Å²) in [5.41, 5.74) is 0. The van der Waals surface area contributed by atoms with Crippen molar-refractivity contribution >= 4 is 40.0 Å². The Bertz CT molecular complexity index is 893. The second-order valence-corrected chi connectivity index (χ2v) is 7.69. The number of amides is 1. The van der Waals surface area contributed by atoms with Crippen LogP contribution < -0.4 is 10.1 Å². The van der Waals surface area contributed by atoms with Crippen molar-refractivity contribution in [2.75, 3.05) is 12.3 Å². The van der Waals surface area contributed by atoms with Crippen LogP contribution in [0.2, 0.25) is 5.02 Å². The van der Waals surface area contributed by atoms with E-state index in [0.717, 1.165) is 32.2 Å². The first kappa shape index (κ1) is 19.6. The van der Waals surface area contributed by atoms with Gasteiger partial charge in [0.15, 0.2) is 6.10 Å². The Morgan fingerprint density at radius 1 is 1.07 bits per heavy atom. The molecule has 0 aliphatic heterocycles. The molecule has 3 aromatic carbocycles. The molecule has 0 aliphatic carbocycles. The average Bonchev–Trinajstić information content (AvgIpc) is 2.70. The Kier molecular flexibility index (Phi) is 7.02. The molecule has 5 heteroatoms. The van der Waals surface area contributed by atoms with Crippen LogP contribution in [0.3, 0.4) is 0 Å². The van der Waals surface area contributed by atoms with E-state index in [1.165, 1.54) is 0 Å². The van der Waals surface area contributed by atoms with Crippen molar-refractivity contribution < 1.29 is 9.53 Å². The van der Waals surface area contributed by atoms with Crippen LogP contribution in [0, 0.1) is 0 Å². The molecule has 1 amide bonds. The quantitative estimate of drug-likeness (QED) is 0.398. The number of hydrogen-bond donors (Lipinski definition) is 1. The van der Waals surface area contributed by atoms with Gasteiger partial charge in [0.05, 0.1) is 0 Å². The number of benzene rings is 3. The molecule has 0 fully saturated rings. The molecule has 0 aromatic heterocycles. The van der Waals surface area contributed by atoms with Gasteiger partial charge in [0, 0.05) is 27.6 Å². The molecule has 0 unspecified atom stereocenters. The van der Waals surface area contributed by atoms with Crippen LogP contribution in [0.4, 0.5) is 0 Å². The van der Waals surface area contributed by atoms with Crippen molar-refractivity contribution in [3.05, 3.63) is 71.8 Å². The smallest absolute Gasteiger partial charge is 0.261 e. The van der Waals surface area contributed by atoms with Crippen molar-refractivity contribution in [3.8, 4) is 5.75 Å². The summed E-state index contributed by atoms with van der Waals surface area (Å²) in [6.07, 6.45) is 0.107. The van der Waals surface area contributed by atoms with Gasteiger partial charge in [0.2, 0.25) is 0 Å². The summed E-state index contributed by atoms with van der Waals surface area (Å²) in [5, 5.41) is 5.82. The van der Waals surface area contributed by atoms with Crippen LogP contribution in [0.5, 0.6) is 5.75 Å². The van der Waals surface area contributed by atoms with Gasteiger partial charge in [0.25, 0.3) is 5.91 Å². The number of fused-ring (bicyclic) bond motifs is 1. The van der Waals surface area contributed by atoms with E-state index in [-0.39, 0.29) is 5.91 Å². The van der Waals surface area contributed by atoms with Crippen molar-refractivity contribution in [1.29, 1.82) is 0 Å². The molecule has 3 rings (SSSR count). The molecule has 0 aliphatic rings. The predicted octanol–water partition coefficient (Wildman–Crippen LogP) is 5.56. The normalized spacial score (nSPS) is 11.9. The van der Waals surface area contributed by atoms with Gasteiger partial charge >= 0.3 is 0 Å². The zero-order valence-electron chi connectivity index (χ0n) is 15.2. The Morgan fingerprint density at radius 2 is 1.81 bits per heavy atom. The first-order valence-corrected chi connectivity index (χ1v) is 10.3. The van der Waals surface area contributed by atoms with E-state index in [2.05, 4.69) is 5.32 Å². The van der Waals surface area contributed by atoms with Gasteiger partial charge in [-0.3, -0.25) is 4.79 Å². The molecule has 0 heterocycles. The molecule has 140 valence electrons. The van der Waals surface area contributed by atoms with E-state index >= 15 is 0 Å². The molecule has 27 heavy (non-hydrogen) atoms. The van der Waals surface area contributed by atoms with Crippen LogP contribution in [0.25, 0.3) is 10.8 Å². The number of carbonyl (C=O) groups is 1. The highest BCUT2D eigenvalue weighted by atomic mass is 35.5. The van der Waals surface area contributed by atoms with Gasteiger partial charge in [-0.15, -0.1) is 11.8 Å². The standard InChI is InChI=1S/C22H22ClNO2S/c1-2-20(26-21-9-5-7-16-6-3-4-8-19(16)21)22(25)24-14-15-27-18-12-10-17(23)11-13-18/h3-13,20H,2,14-15H2,1H3,(H,24,25)/t20-/m0/s1. The highest BCUT2D eigenvalue weighted by Gasteiger charge is 2.18. The lowest BCUT2D eigenvalue weighted by Gasteiger charge is -2.18. The van der Waals surface area contributed by atoms with Crippen LogP contribution in [0.15, 0.2) is 71.6 Å². The molecule has 1 atom stereocenters. The summed E-state index contributed by atoms with van der Waals surface area (Å²) in [4.78, 5) is 13.6. The average molecular weight is 400 g/mol. The van der Waals surface area contributed by atoms with Crippen molar-refractivity contribution in [2.24, 2.45) is 0 Å². The van der Waals surface area contributed by atoms with Crippen molar-refractivity contribution in [3.63, 3.8) is 0 Å². The monoisotopic (exact) mass is 399 g/mol. The van der Waals surface area contributed by atoms with E-state index in [9.17, 15) is 4.79 Å². The summed E-state index contributed by atoms with van der Waals surface area (Å²) in [5.74, 6) is 1.45. The first-order chi connectivity index (χ1) is 13.2. The van der Waals surface area contributed by atoms with E-state index in [1.807, 2.05) is 73.7 Å². The third kappa shape index (κ3) is 5.41. The van der Waals surface area contributed by atoms with E-state index in [1.54, 1.807) is 11.8 Å². The fourth-order valence-corrected chi connectivity index (χ4v) is 3.66. The summed E-state index contributed by atoms with van der Waals surface area (Å²) < 4.78 is 6.03. The van der Waals surface area contributed by atoms with Crippen LogP contribution in [-0.4, -0.2) is 24.3 Å². The van der Waals surface area contributed by atoms with Crippen LogP contribution >= 0.6 is 23.4 Å². The van der Waals surface area contributed by atoms with Gasteiger partial charge in [-0.25, -0.2) is 0 Å². The summed E-state index contributed by atoms with van der Waals surface area (Å²) in [6, 6.07) is 21.6. The Balaban J connectivity index is 1.53. The first-order valence-electron chi connectivity index (χ1n) is 8.98. The highest BCUT2D eigenvalue weighted by molar-refractivity contribution is 7.99. The maximum Gasteiger partial charge on any atom is 0.261 e. The second-order valence-electron chi connectivity index (χ2n) is 6.09. The van der Waals surface area contributed by atoms with Gasteiger partial charge < -0.3 is 10.1 Å². The van der Waals surface area contributed by atoms with E-state index < -0.39 is 6.10 Å². The third-order valence-corrected chi connectivity index (χ3v) is 5.43. The lowest BCUT2D eigenvalue weighted by molar-refractivity contribution is -0.127. The molecule has 0 saturated heterocycles. The maximum absolute atomic E-state index is 12.5. The largest absolute Gasteiger partial charge is 0.480 e. The lowest BCUT2D eigenvalue weighted by atomic mass is 10.1. The maximum atomic E-state index is 12.5. The fraction of sp³-hybridized carbons (Fsp3) is 0.227. The van der Waals surface area contributed by atoms with Gasteiger partial charge in [-0.05, 0) is 42.1 Å². The zero-order chi connectivity index (χ0) is 19.1. The number of hydrogen-bond acceptors (Lipinski definition) is 3. The van der Waals surface area contributed by atoms with Crippen LogP contribution in [0.1, 0.15) is 13.3 Å². The molecule has 3 aromatic rings. The number of halogens is 1. The summed E-state index contributed by atoms with van der Waals surface area (Å²) in [7, 11) is 0. The predicted molar refractivity (Wildman–Crippen MR) is 114 cm³/mol. The van der Waals surface area contributed by atoms with E-state index in [0.29, 0.717) is 13.0 Å². The summed E-state index contributed by atoms with van der Waals surface area (Å²) in [6.45, 7) is 2.54. The second kappa shape index (κ2) is 9.67. The molecule has 0 saturated carbocycles. The number of nitrogens with one attached hydrogen (secondary N) is 1. The minimum absolute atomic E-state index is 0.0814. The van der Waals surface area contributed by atoms with Gasteiger partial charge in [-0.1, -0.05) is 54.9 Å². The number of thioether (sulfide) groups is 1. The molecule has 0 spiro atoms. The molecular weight excluding hydrogens is 378 g/mol. The lowest BCUT2D eigenvalue weighted by Crippen LogP contribution is -2.39. The molecule has 1 N–H and O–H groups in total. The molecule has 0 radical (unpaired) electrons. The minimum Gasteiger partial charge on any atom is -0.480 e. The Labute approximate surface area is 169 Å². The van der Waals surface area contributed by atoms with E-state index in [4.69, 9.17) is 16.3 Å². The van der Waals surface area contributed by atoms with Crippen molar-refractivity contribution in [1.82, 2.24) is 5.32 Å². The van der Waals surface area contributed by atoms with Crippen molar-refractivity contribution in [2.45, 2.75) is 24.3 Å². The van der Waals surface area contributed by atoms with Crippen LogP contribution in [-0.2, 0) is 4.79 Å². The third-order valence-electron chi connectivity index (χ3n) is 4.17. The fourth-order valence-electron chi connectivity index (χ4n) is 2.76. The Morgan fingerprint density at radius 3 is 2.59 bits per heavy atom. The molecule has 0 bridgehead atoms. The Hall–Kier alpha value is -2.17. The number of carbonyl (C=O) groups excluding carboxylic acids is 1. The number of ether oxygens (including phenoxy) is 1.